The highest BCUT2D eigenvalue weighted by Gasteiger charge is 2.19. The number of carbonyl (C=O) groups excluding carboxylic acids is 1. The predicted molar refractivity (Wildman–Crippen MR) is 104 cm³/mol. The third-order valence-electron chi connectivity index (χ3n) is 4.77. The van der Waals surface area contributed by atoms with Crippen molar-refractivity contribution in [1.29, 1.82) is 0 Å². The Balaban J connectivity index is 1.41. The van der Waals surface area contributed by atoms with Crippen LogP contribution in [0.5, 0.6) is 0 Å². The van der Waals surface area contributed by atoms with Crippen molar-refractivity contribution in [2.45, 2.75) is 32.7 Å². The van der Waals surface area contributed by atoms with Gasteiger partial charge in [0, 0.05) is 37.3 Å². The van der Waals surface area contributed by atoms with E-state index in [2.05, 4.69) is 50.7 Å². The maximum Gasteiger partial charge on any atom is 0.227 e. The summed E-state index contributed by atoms with van der Waals surface area (Å²) in [7, 11) is 0. The maximum atomic E-state index is 12.4. The lowest BCUT2D eigenvalue weighted by Gasteiger charge is -2.21. The molecule has 0 saturated carbocycles. The van der Waals surface area contributed by atoms with Gasteiger partial charge in [0.05, 0.1) is 0 Å². The minimum absolute atomic E-state index is 0.0554. The molecule has 0 aliphatic carbocycles. The lowest BCUT2D eigenvalue weighted by atomic mass is 10.1. The number of nitrogens with zero attached hydrogens (tertiary/aromatic N) is 3. The second kappa shape index (κ2) is 7.61. The van der Waals surface area contributed by atoms with Gasteiger partial charge in [0.1, 0.15) is 0 Å². The van der Waals surface area contributed by atoms with Crippen LogP contribution in [-0.4, -0.2) is 22.6 Å². The van der Waals surface area contributed by atoms with Crippen LogP contribution in [-0.2, 0) is 24.2 Å². The monoisotopic (exact) mass is 362 g/mol. The number of hydrogen-bond acceptors (Lipinski definition) is 5. The summed E-state index contributed by atoms with van der Waals surface area (Å²) < 4.78 is 5.06. The standard InChI is InChI=1S/C21H22N4O2/c1-15-22-21(27-24-15)11-10-20(26)23-18-8-4-2-7-17(18)14-25-13-12-16-6-3-5-9-19(16)25/h2-9H,10-14H2,1H3,(H,23,26). The van der Waals surface area contributed by atoms with Crippen LogP contribution < -0.4 is 10.2 Å². The first-order valence-electron chi connectivity index (χ1n) is 9.19. The molecule has 6 nitrogen and oxygen atoms in total. The molecule has 6 heteroatoms. The fourth-order valence-corrected chi connectivity index (χ4v) is 3.43. The van der Waals surface area contributed by atoms with E-state index in [0.29, 0.717) is 24.6 Å². The van der Waals surface area contributed by atoms with Crippen molar-refractivity contribution in [2.75, 3.05) is 16.8 Å². The van der Waals surface area contributed by atoms with Crippen molar-refractivity contribution in [3.8, 4) is 0 Å². The molecule has 0 fully saturated rings. The SMILES string of the molecule is Cc1noc(CCC(=O)Nc2ccccc2CN2CCc3ccccc32)n1. The van der Waals surface area contributed by atoms with Crippen molar-refractivity contribution in [3.63, 3.8) is 0 Å². The van der Waals surface area contributed by atoms with Crippen molar-refractivity contribution in [3.05, 3.63) is 71.4 Å². The molecule has 138 valence electrons. The average molecular weight is 362 g/mol. The van der Waals surface area contributed by atoms with Gasteiger partial charge in [0.2, 0.25) is 11.8 Å². The highest BCUT2D eigenvalue weighted by atomic mass is 16.5. The fourth-order valence-electron chi connectivity index (χ4n) is 3.43. The zero-order valence-electron chi connectivity index (χ0n) is 15.3. The Kier molecular flexibility index (Phi) is 4.87. The number of hydrogen-bond donors (Lipinski definition) is 1. The summed E-state index contributed by atoms with van der Waals surface area (Å²) in [6.07, 6.45) is 1.81. The van der Waals surface area contributed by atoms with Crippen LogP contribution in [0.1, 0.15) is 29.3 Å². The van der Waals surface area contributed by atoms with Gasteiger partial charge in [-0.2, -0.15) is 4.98 Å². The molecule has 0 saturated heterocycles. The van der Waals surface area contributed by atoms with Gasteiger partial charge in [-0.05, 0) is 36.6 Å². The summed E-state index contributed by atoms with van der Waals surface area (Å²) in [6, 6.07) is 16.5. The minimum Gasteiger partial charge on any atom is -0.367 e. The number of para-hydroxylation sites is 2. The van der Waals surface area contributed by atoms with Gasteiger partial charge in [-0.25, -0.2) is 0 Å². The van der Waals surface area contributed by atoms with E-state index in [9.17, 15) is 4.79 Å². The smallest absolute Gasteiger partial charge is 0.227 e. The molecule has 4 rings (SSSR count). The Hall–Kier alpha value is -3.15. The van der Waals surface area contributed by atoms with E-state index < -0.39 is 0 Å². The van der Waals surface area contributed by atoms with Gasteiger partial charge in [0.15, 0.2) is 5.82 Å². The third-order valence-corrected chi connectivity index (χ3v) is 4.77. The Morgan fingerprint density at radius 1 is 1.19 bits per heavy atom. The molecule has 1 N–H and O–H groups in total. The number of carbonyl (C=O) groups is 1. The molecule has 0 spiro atoms. The van der Waals surface area contributed by atoms with E-state index in [1.54, 1.807) is 6.92 Å². The lowest BCUT2D eigenvalue weighted by Crippen LogP contribution is -2.21. The molecule has 0 atom stereocenters. The van der Waals surface area contributed by atoms with Gasteiger partial charge in [0.25, 0.3) is 0 Å². The van der Waals surface area contributed by atoms with Crippen molar-refractivity contribution >= 4 is 17.3 Å². The number of benzene rings is 2. The maximum absolute atomic E-state index is 12.4. The van der Waals surface area contributed by atoms with Gasteiger partial charge in [-0.1, -0.05) is 41.6 Å². The molecular weight excluding hydrogens is 340 g/mol. The number of aryl methyl sites for hydroxylation is 2. The second-order valence-corrected chi connectivity index (χ2v) is 6.74. The predicted octanol–water partition coefficient (Wildman–Crippen LogP) is 3.51. The number of nitrogens with one attached hydrogen (secondary N) is 1. The Bertz CT molecular complexity index is 951. The molecule has 1 amide bonds. The van der Waals surface area contributed by atoms with Gasteiger partial charge in [-0.3, -0.25) is 4.79 Å². The summed E-state index contributed by atoms with van der Waals surface area (Å²) in [5.41, 5.74) is 4.63. The van der Waals surface area contributed by atoms with E-state index >= 15 is 0 Å². The van der Waals surface area contributed by atoms with Crippen LogP contribution in [0.25, 0.3) is 0 Å². The van der Waals surface area contributed by atoms with Crippen LogP contribution in [0.3, 0.4) is 0 Å². The molecule has 27 heavy (non-hydrogen) atoms. The molecule has 1 aromatic heterocycles. The summed E-state index contributed by atoms with van der Waals surface area (Å²) >= 11 is 0. The van der Waals surface area contributed by atoms with E-state index in [-0.39, 0.29) is 5.91 Å². The first-order valence-corrected chi connectivity index (χ1v) is 9.19. The summed E-state index contributed by atoms with van der Waals surface area (Å²) in [4.78, 5) is 18.9. The van der Waals surface area contributed by atoms with E-state index in [0.717, 1.165) is 30.8 Å². The second-order valence-electron chi connectivity index (χ2n) is 6.74. The lowest BCUT2D eigenvalue weighted by molar-refractivity contribution is -0.116. The molecule has 2 heterocycles. The van der Waals surface area contributed by atoms with Crippen molar-refractivity contribution < 1.29 is 9.32 Å². The highest BCUT2D eigenvalue weighted by Crippen LogP contribution is 2.30. The first-order chi connectivity index (χ1) is 13.2. The molecule has 1 aliphatic rings. The van der Waals surface area contributed by atoms with E-state index in [4.69, 9.17) is 4.52 Å². The highest BCUT2D eigenvalue weighted by molar-refractivity contribution is 5.91. The van der Waals surface area contributed by atoms with Crippen molar-refractivity contribution in [1.82, 2.24) is 10.1 Å². The molecule has 0 unspecified atom stereocenters. The van der Waals surface area contributed by atoms with Gasteiger partial charge < -0.3 is 14.7 Å². The van der Waals surface area contributed by atoms with Crippen LogP contribution >= 0.6 is 0 Å². The molecular formula is C21H22N4O2. The Labute approximate surface area is 158 Å². The quantitative estimate of drug-likeness (QED) is 0.726. The van der Waals surface area contributed by atoms with E-state index in [1.807, 2.05) is 18.2 Å². The fraction of sp³-hybridized carbons (Fsp3) is 0.286. The topological polar surface area (TPSA) is 71.3 Å². The van der Waals surface area contributed by atoms with Crippen LogP contribution in [0.4, 0.5) is 11.4 Å². The number of anilines is 2. The van der Waals surface area contributed by atoms with Crippen LogP contribution in [0.2, 0.25) is 0 Å². The molecule has 0 bridgehead atoms. The Morgan fingerprint density at radius 3 is 2.85 bits per heavy atom. The number of amides is 1. The molecule has 0 radical (unpaired) electrons. The minimum atomic E-state index is -0.0554. The van der Waals surface area contributed by atoms with Crippen LogP contribution in [0, 0.1) is 6.92 Å². The molecule has 1 aliphatic heterocycles. The number of aromatic nitrogens is 2. The first kappa shape index (κ1) is 17.3. The van der Waals surface area contributed by atoms with Crippen LogP contribution in [0.15, 0.2) is 53.1 Å². The summed E-state index contributed by atoms with van der Waals surface area (Å²) in [5, 5.41) is 6.78. The van der Waals surface area contributed by atoms with Crippen molar-refractivity contribution in [2.24, 2.45) is 0 Å². The van der Waals surface area contributed by atoms with Gasteiger partial charge in [-0.15, -0.1) is 0 Å². The zero-order chi connectivity index (χ0) is 18.6. The normalized spacial score (nSPS) is 12.9. The van der Waals surface area contributed by atoms with E-state index in [1.165, 1.54) is 11.3 Å². The summed E-state index contributed by atoms with van der Waals surface area (Å²) in [6.45, 7) is 3.54. The summed E-state index contributed by atoms with van der Waals surface area (Å²) in [5.74, 6) is 1.02. The molecule has 2 aromatic carbocycles. The largest absolute Gasteiger partial charge is 0.367 e. The number of fused-ring (bicyclic) bond motifs is 1. The Morgan fingerprint density at radius 2 is 2.00 bits per heavy atom. The number of rotatable bonds is 6. The average Bonchev–Trinajstić information content (AvgIpc) is 3.28. The van der Waals surface area contributed by atoms with Gasteiger partial charge >= 0.3 is 0 Å². The zero-order valence-corrected chi connectivity index (χ0v) is 15.3. The third kappa shape index (κ3) is 4.00. The molecule has 3 aromatic rings.